The number of fused-ring (bicyclic) bond motifs is 1. The molecule has 2 heterocycles. The van der Waals surface area contributed by atoms with Gasteiger partial charge in [-0.25, -0.2) is 0 Å². The van der Waals surface area contributed by atoms with Crippen molar-refractivity contribution in [3.63, 3.8) is 0 Å². The molecule has 2 aromatic carbocycles. The molecule has 4 rings (SSSR count). The van der Waals surface area contributed by atoms with Crippen LogP contribution in [0.15, 0.2) is 47.5 Å². The predicted molar refractivity (Wildman–Crippen MR) is 106 cm³/mol. The Kier molecular flexibility index (Phi) is 4.72. The average Bonchev–Trinajstić information content (AvgIpc) is 2.62. The number of hydrogen-bond donors (Lipinski definition) is 2. The second-order valence-electron chi connectivity index (χ2n) is 6.89. The highest BCUT2D eigenvalue weighted by Gasteiger charge is 2.40. The fourth-order valence-electron chi connectivity index (χ4n) is 3.85. The van der Waals surface area contributed by atoms with Crippen LogP contribution in [0.1, 0.15) is 24.0 Å². The number of hydrogen-bond acceptors (Lipinski definition) is 2. The van der Waals surface area contributed by atoms with Crippen molar-refractivity contribution in [2.45, 2.75) is 25.8 Å². The summed E-state index contributed by atoms with van der Waals surface area (Å²) in [6.07, 6.45) is 3.24. The lowest BCUT2D eigenvalue weighted by Gasteiger charge is -2.42. The van der Waals surface area contributed by atoms with Gasteiger partial charge < -0.3 is 10.6 Å². The van der Waals surface area contributed by atoms with Gasteiger partial charge in [0.25, 0.3) is 0 Å². The number of nitrogens with zero attached hydrogens (tertiary/aromatic N) is 1. The van der Waals surface area contributed by atoms with Crippen LogP contribution in [0.3, 0.4) is 0 Å². The molecule has 1 saturated heterocycles. The zero-order valence-electron chi connectivity index (χ0n) is 14.0. The van der Waals surface area contributed by atoms with Crippen molar-refractivity contribution in [1.29, 1.82) is 0 Å². The first-order chi connectivity index (χ1) is 12.2. The molecule has 1 spiro atoms. The number of aliphatic imine (C=N–C) groups is 1. The molecule has 2 N–H and O–H groups in total. The number of piperidine rings is 1. The Labute approximate surface area is 158 Å². The van der Waals surface area contributed by atoms with E-state index in [2.05, 4.69) is 34.9 Å². The molecule has 0 bridgehead atoms. The maximum absolute atomic E-state index is 6.32. The topological polar surface area (TPSA) is 36.4 Å². The second-order valence-corrected chi connectivity index (χ2v) is 7.73. The fraction of sp³-hybridized carbons (Fsp3) is 0.350. The maximum Gasteiger partial charge on any atom is 0.108 e. The summed E-state index contributed by atoms with van der Waals surface area (Å²) in [5.74, 6) is 1.10. The van der Waals surface area contributed by atoms with Gasteiger partial charge >= 0.3 is 0 Å². The quantitative estimate of drug-likeness (QED) is 0.782. The Morgan fingerprint density at radius 1 is 1.04 bits per heavy atom. The Morgan fingerprint density at radius 3 is 2.64 bits per heavy atom. The normalized spacial score (nSPS) is 20.3. The van der Waals surface area contributed by atoms with Crippen molar-refractivity contribution >= 4 is 34.7 Å². The molecule has 5 heteroatoms. The van der Waals surface area contributed by atoms with Crippen LogP contribution in [-0.2, 0) is 13.0 Å². The van der Waals surface area contributed by atoms with Crippen LogP contribution in [0, 0.1) is 5.41 Å². The lowest BCUT2D eigenvalue weighted by Crippen LogP contribution is -2.48. The molecule has 2 aromatic rings. The molecule has 2 aliphatic rings. The molecular weight excluding hydrogens is 353 g/mol. The van der Waals surface area contributed by atoms with E-state index in [4.69, 9.17) is 28.2 Å². The van der Waals surface area contributed by atoms with E-state index < -0.39 is 0 Å². The molecule has 0 unspecified atom stereocenters. The van der Waals surface area contributed by atoms with Crippen molar-refractivity contribution in [1.82, 2.24) is 5.32 Å². The molecule has 0 saturated carbocycles. The summed E-state index contributed by atoms with van der Waals surface area (Å²) >= 11 is 12.3. The standard InChI is InChI=1S/C20H21Cl2N3/c21-16-6-5-15(17(22)11-16)13-24-19-20(7-9-23-10-8-20)12-14-3-1-2-4-18(14)25-19/h1-6,11,23H,7-10,12-13H2,(H,24,25). The molecule has 0 atom stereocenters. The van der Waals surface area contributed by atoms with Gasteiger partial charge in [0, 0.05) is 21.1 Å². The monoisotopic (exact) mass is 373 g/mol. The summed E-state index contributed by atoms with van der Waals surface area (Å²) < 4.78 is 0. The fourth-order valence-corrected chi connectivity index (χ4v) is 4.31. The number of nitrogens with one attached hydrogen (secondary N) is 2. The molecule has 130 valence electrons. The van der Waals surface area contributed by atoms with E-state index >= 15 is 0 Å². The number of benzene rings is 2. The zero-order valence-corrected chi connectivity index (χ0v) is 15.5. The Balaban J connectivity index is 1.67. The van der Waals surface area contributed by atoms with E-state index in [1.54, 1.807) is 6.07 Å². The minimum Gasteiger partial charge on any atom is -0.343 e. The molecule has 0 amide bonds. The van der Waals surface area contributed by atoms with E-state index in [0.717, 1.165) is 43.8 Å². The minimum absolute atomic E-state index is 0.0957. The largest absolute Gasteiger partial charge is 0.343 e. The lowest BCUT2D eigenvalue weighted by molar-refractivity contribution is 0.293. The third-order valence-electron chi connectivity index (χ3n) is 5.28. The first kappa shape index (κ1) is 16.9. The van der Waals surface area contributed by atoms with Gasteiger partial charge in [0.2, 0.25) is 0 Å². The smallest absolute Gasteiger partial charge is 0.108 e. The van der Waals surface area contributed by atoms with Crippen molar-refractivity contribution in [3.05, 3.63) is 63.6 Å². The van der Waals surface area contributed by atoms with Gasteiger partial charge in [0.05, 0.1) is 6.54 Å². The van der Waals surface area contributed by atoms with Gasteiger partial charge in [-0.15, -0.1) is 0 Å². The number of para-hydroxylation sites is 1. The van der Waals surface area contributed by atoms with Crippen molar-refractivity contribution in [2.75, 3.05) is 18.4 Å². The molecule has 0 aliphatic carbocycles. The Bertz CT molecular complexity index is 810. The molecule has 1 fully saturated rings. The summed E-state index contributed by atoms with van der Waals surface area (Å²) in [6, 6.07) is 14.1. The van der Waals surface area contributed by atoms with Gasteiger partial charge in [0.15, 0.2) is 0 Å². The SMILES string of the molecule is Clc1ccc(CN=C2Nc3ccccc3CC23CCNCC3)c(Cl)c1. The third kappa shape index (κ3) is 3.41. The van der Waals surface area contributed by atoms with Gasteiger partial charge in [-0.05, 0) is 61.7 Å². The summed E-state index contributed by atoms with van der Waals surface area (Å²) in [4.78, 5) is 4.97. The highest BCUT2D eigenvalue weighted by molar-refractivity contribution is 6.35. The van der Waals surface area contributed by atoms with Crippen LogP contribution in [0.25, 0.3) is 0 Å². The van der Waals surface area contributed by atoms with Crippen LogP contribution >= 0.6 is 23.2 Å². The van der Waals surface area contributed by atoms with Crippen LogP contribution in [0.4, 0.5) is 5.69 Å². The number of anilines is 1. The molecule has 0 radical (unpaired) electrons. The van der Waals surface area contributed by atoms with Gasteiger partial charge in [-0.3, -0.25) is 4.99 Å². The molecule has 25 heavy (non-hydrogen) atoms. The number of halogens is 2. The number of amidine groups is 1. The van der Waals surface area contributed by atoms with Gasteiger partial charge in [-0.2, -0.15) is 0 Å². The van der Waals surface area contributed by atoms with Crippen LogP contribution in [0.2, 0.25) is 10.0 Å². The van der Waals surface area contributed by atoms with Crippen molar-refractivity contribution in [3.8, 4) is 0 Å². The first-order valence-corrected chi connectivity index (χ1v) is 9.46. The predicted octanol–water partition coefficient (Wildman–Crippen LogP) is 4.93. The van der Waals surface area contributed by atoms with Crippen LogP contribution in [-0.4, -0.2) is 18.9 Å². The second kappa shape index (κ2) is 6.99. The first-order valence-electron chi connectivity index (χ1n) is 8.71. The van der Waals surface area contributed by atoms with Crippen LogP contribution < -0.4 is 10.6 Å². The summed E-state index contributed by atoms with van der Waals surface area (Å²) in [5.41, 5.74) is 3.65. The molecule has 3 nitrogen and oxygen atoms in total. The van der Waals surface area contributed by atoms with Gasteiger partial charge in [-0.1, -0.05) is 47.5 Å². The molecular formula is C20H21Cl2N3. The Hall–Kier alpha value is -1.55. The summed E-state index contributed by atoms with van der Waals surface area (Å²) in [6.45, 7) is 2.63. The van der Waals surface area contributed by atoms with E-state index in [9.17, 15) is 0 Å². The summed E-state index contributed by atoms with van der Waals surface area (Å²) in [5, 5.41) is 8.41. The molecule has 0 aromatic heterocycles. The van der Waals surface area contributed by atoms with E-state index in [1.165, 1.54) is 11.3 Å². The third-order valence-corrected chi connectivity index (χ3v) is 5.87. The van der Waals surface area contributed by atoms with Gasteiger partial charge in [0.1, 0.15) is 5.84 Å². The van der Waals surface area contributed by atoms with Crippen molar-refractivity contribution < 1.29 is 0 Å². The van der Waals surface area contributed by atoms with Crippen LogP contribution in [0.5, 0.6) is 0 Å². The van der Waals surface area contributed by atoms with Crippen molar-refractivity contribution in [2.24, 2.45) is 10.4 Å². The Morgan fingerprint density at radius 2 is 1.84 bits per heavy atom. The average molecular weight is 374 g/mol. The highest BCUT2D eigenvalue weighted by Crippen LogP contribution is 2.41. The van der Waals surface area contributed by atoms with E-state index in [0.29, 0.717) is 16.6 Å². The van der Waals surface area contributed by atoms with E-state index in [-0.39, 0.29) is 5.41 Å². The highest BCUT2D eigenvalue weighted by atomic mass is 35.5. The van der Waals surface area contributed by atoms with E-state index in [1.807, 2.05) is 12.1 Å². The maximum atomic E-state index is 6.32. The molecule has 2 aliphatic heterocycles. The minimum atomic E-state index is 0.0957. The number of rotatable bonds is 2. The summed E-state index contributed by atoms with van der Waals surface area (Å²) in [7, 11) is 0. The zero-order chi connectivity index (χ0) is 17.3. The lowest BCUT2D eigenvalue weighted by atomic mass is 9.71.